The highest BCUT2D eigenvalue weighted by atomic mass is 16.4. The van der Waals surface area contributed by atoms with Crippen molar-refractivity contribution in [2.75, 3.05) is 10.6 Å². The van der Waals surface area contributed by atoms with Gasteiger partial charge in [-0.2, -0.15) is 0 Å². The first-order valence-corrected chi connectivity index (χ1v) is 16.2. The maximum atomic E-state index is 14.3. The minimum Gasteiger partial charge on any atom is -0.481 e. The molecule has 1 aliphatic heterocycles. The van der Waals surface area contributed by atoms with Gasteiger partial charge in [-0.1, -0.05) is 77.3 Å². The summed E-state index contributed by atoms with van der Waals surface area (Å²) in [7, 11) is 0. The van der Waals surface area contributed by atoms with E-state index in [4.69, 9.17) is 0 Å². The molecular weight excluding hydrogens is 586 g/mol. The van der Waals surface area contributed by atoms with Crippen molar-refractivity contribution in [3.8, 4) is 0 Å². The summed E-state index contributed by atoms with van der Waals surface area (Å²) in [6, 6.07) is 12.0. The van der Waals surface area contributed by atoms with Crippen LogP contribution in [-0.4, -0.2) is 62.4 Å². The fourth-order valence-corrected chi connectivity index (χ4v) is 6.68. The summed E-state index contributed by atoms with van der Waals surface area (Å²) in [5, 5.41) is 17.9. The molecule has 2 aromatic carbocycles. The Morgan fingerprint density at radius 2 is 1.57 bits per heavy atom. The number of amides is 6. The quantitative estimate of drug-likeness (QED) is 0.207. The molecule has 1 heterocycles. The van der Waals surface area contributed by atoms with Gasteiger partial charge in [-0.05, 0) is 67.3 Å². The number of nitrogens with one attached hydrogen (secondary N) is 3. The number of imide groups is 1. The molecule has 4 rings (SSSR count). The Morgan fingerprint density at radius 3 is 2.15 bits per heavy atom. The van der Waals surface area contributed by atoms with Crippen LogP contribution >= 0.6 is 0 Å². The van der Waals surface area contributed by atoms with Crippen LogP contribution in [0.3, 0.4) is 0 Å². The molecule has 1 spiro atoms. The first-order valence-electron chi connectivity index (χ1n) is 16.2. The van der Waals surface area contributed by atoms with Gasteiger partial charge in [0, 0.05) is 24.0 Å². The lowest BCUT2D eigenvalue weighted by Gasteiger charge is -2.38. The second kappa shape index (κ2) is 14.8. The summed E-state index contributed by atoms with van der Waals surface area (Å²) in [4.78, 5) is 69.0. The number of nitrogens with zero attached hydrogens (tertiary/aromatic N) is 2. The van der Waals surface area contributed by atoms with Gasteiger partial charge in [0.05, 0.1) is 6.42 Å². The molecule has 1 saturated heterocycles. The molecule has 11 nitrogen and oxygen atoms in total. The Hall–Kier alpha value is -4.41. The van der Waals surface area contributed by atoms with Gasteiger partial charge < -0.3 is 26.0 Å². The van der Waals surface area contributed by atoms with Crippen molar-refractivity contribution < 1.29 is 29.1 Å². The summed E-state index contributed by atoms with van der Waals surface area (Å²) >= 11 is 0. The van der Waals surface area contributed by atoms with Crippen LogP contribution in [0.25, 0.3) is 0 Å². The summed E-state index contributed by atoms with van der Waals surface area (Å²) in [6.07, 6.45) is 3.76. The van der Waals surface area contributed by atoms with Gasteiger partial charge in [0.25, 0.3) is 5.91 Å². The van der Waals surface area contributed by atoms with Crippen molar-refractivity contribution in [1.82, 2.24) is 15.1 Å². The molecule has 0 aromatic heterocycles. The fourth-order valence-electron chi connectivity index (χ4n) is 6.68. The molecule has 0 bridgehead atoms. The number of urea groups is 2. The molecule has 11 heteroatoms. The zero-order chi connectivity index (χ0) is 33.6. The van der Waals surface area contributed by atoms with Gasteiger partial charge >= 0.3 is 18.0 Å². The molecule has 4 N–H and O–H groups in total. The Balaban J connectivity index is 1.54. The lowest BCUT2D eigenvalue weighted by Crippen LogP contribution is -2.56. The molecule has 2 atom stereocenters. The van der Waals surface area contributed by atoms with E-state index < -0.39 is 41.4 Å². The van der Waals surface area contributed by atoms with E-state index in [-0.39, 0.29) is 30.8 Å². The maximum Gasteiger partial charge on any atom is 0.328 e. The largest absolute Gasteiger partial charge is 0.481 e. The first kappa shape index (κ1) is 34.5. The topological polar surface area (TPSA) is 148 Å². The molecule has 1 aliphatic carbocycles. The van der Waals surface area contributed by atoms with Crippen LogP contribution in [-0.2, 0) is 20.9 Å². The van der Waals surface area contributed by atoms with E-state index >= 15 is 0 Å². The number of anilines is 2. The lowest BCUT2D eigenvalue weighted by molar-refractivity contribution is -0.143. The number of hydrogen-bond acceptors (Lipinski definition) is 5. The summed E-state index contributed by atoms with van der Waals surface area (Å²) in [5.41, 5.74) is 1.95. The number of carboxylic acids is 1. The van der Waals surface area contributed by atoms with Crippen LogP contribution < -0.4 is 16.0 Å². The van der Waals surface area contributed by atoms with Crippen molar-refractivity contribution >= 4 is 41.2 Å². The highest BCUT2D eigenvalue weighted by Crippen LogP contribution is 2.43. The maximum absolute atomic E-state index is 14.3. The van der Waals surface area contributed by atoms with E-state index in [1.807, 2.05) is 57.2 Å². The van der Waals surface area contributed by atoms with Crippen LogP contribution in [0.4, 0.5) is 21.0 Å². The van der Waals surface area contributed by atoms with Gasteiger partial charge in [-0.15, -0.1) is 0 Å². The number of para-hydroxylation sites is 1. The van der Waals surface area contributed by atoms with Gasteiger partial charge in [-0.25, -0.2) is 14.5 Å². The van der Waals surface area contributed by atoms with Gasteiger partial charge in [0.2, 0.25) is 5.91 Å². The van der Waals surface area contributed by atoms with Crippen molar-refractivity contribution in [1.29, 1.82) is 0 Å². The van der Waals surface area contributed by atoms with Crippen molar-refractivity contribution in [2.45, 2.75) is 104 Å². The SMILES string of the molecule is Cc1ccccc1NC(=O)Nc1ccc(CN2C(=O)N([C@H](C(=O)N[C@@H](CC(=O)O)CC(C)C)C(C)C)C(=O)C23CCCCC3)cc1. The predicted molar refractivity (Wildman–Crippen MR) is 176 cm³/mol. The minimum absolute atomic E-state index is 0.141. The predicted octanol–water partition coefficient (Wildman–Crippen LogP) is 6.14. The molecular formula is C35H47N5O6. The number of aryl methyl sites for hydroxylation is 1. The molecule has 0 radical (unpaired) electrons. The van der Waals surface area contributed by atoms with E-state index in [9.17, 15) is 29.1 Å². The van der Waals surface area contributed by atoms with E-state index in [2.05, 4.69) is 16.0 Å². The van der Waals surface area contributed by atoms with Crippen LogP contribution in [0.5, 0.6) is 0 Å². The minimum atomic E-state index is -1.08. The number of carbonyl (C=O) groups excluding carboxylic acids is 4. The molecule has 6 amide bonds. The molecule has 0 unspecified atom stereocenters. The van der Waals surface area contributed by atoms with Crippen LogP contribution in [0, 0.1) is 18.8 Å². The number of benzene rings is 2. The normalized spacial score (nSPS) is 17.4. The smallest absolute Gasteiger partial charge is 0.328 e. The first-order chi connectivity index (χ1) is 21.8. The second-order valence-electron chi connectivity index (χ2n) is 13.3. The number of hydrogen-bond donors (Lipinski definition) is 4. The van der Waals surface area contributed by atoms with Crippen LogP contribution in [0.15, 0.2) is 48.5 Å². The Bertz CT molecular complexity index is 1430. The molecule has 1 saturated carbocycles. The summed E-state index contributed by atoms with van der Waals surface area (Å²) in [6.45, 7) is 9.55. The molecule has 2 aliphatic rings. The Labute approximate surface area is 271 Å². The van der Waals surface area contributed by atoms with Crippen LogP contribution in [0.1, 0.15) is 83.8 Å². The van der Waals surface area contributed by atoms with Crippen molar-refractivity contribution in [3.63, 3.8) is 0 Å². The zero-order valence-electron chi connectivity index (χ0n) is 27.5. The lowest BCUT2D eigenvalue weighted by atomic mass is 9.80. The molecule has 2 fully saturated rings. The van der Waals surface area contributed by atoms with Crippen molar-refractivity contribution in [2.24, 2.45) is 11.8 Å². The third-order valence-corrected chi connectivity index (χ3v) is 8.90. The van der Waals surface area contributed by atoms with Crippen molar-refractivity contribution in [3.05, 3.63) is 59.7 Å². The van der Waals surface area contributed by atoms with Gasteiger partial charge in [-0.3, -0.25) is 14.4 Å². The van der Waals surface area contributed by atoms with Gasteiger partial charge in [0.1, 0.15) is 11.6 Å². The Kier molecular flexibility index (Phi) is 11.1. The number of carbonyl (C=O) groups is 5. The van der Waals surface area contributed by atoms with E-state index in [1.54, 1.807) is 30.9 Å². The number of aliphatic carboxylic acids is 1. The Morgan fingerprint density at radius 1 is 0.913 bits per heavy atom. The average molecular weight is 634 g/mol. The van der Waals surface area contributed by atoms with Crippen LogP contribution in [0.2, 0.25) is 0 Å². The van der Waals surface area contributed by atoms with E-state index in [0.29, 0.717) is 30.6 Å². The molecule has 248 valence electrons. The third-order valence-electron chi connectivity index (χ3n) is 8.90. The standard InChI is InChI=1S/C35H47N5O6/c1-22(2)19-27(20-29(41)42)36-31(43)30(23(3)4)40-32(44)35(17-9-6-10-18-35)39(34(40)46)21-25-13-15-26(16-14-25)37-33(45)38-28-12-8-7-11-24(28)5/h7-8,11-16,22-23,27,30H,6,9-10,17-21H2,1-5H3,(H,36,43)(H,41,42)(H2,37,38,45)/t27-,30+/m1/s1. The highest BCUT2D eigenvalue weighted by molar-refractivity contribution is 6.10. The van der Waals surface area contributed by atoms with E-state index in [0.717, 1.165) is 35.3 Å². The number of rotatable bonds is 12. The van der Waals surface area contributed by atoms with Gasteiger partial charge in [0.15, 0.2) is 0 Å². The van der Waals surface area contributed by atoms with E-state index in [1.165, 1.54) is 0 Å². The third kappa shape index (κ3) is 7.86. The summed E-state index contributed by atoms with van der Waals surface area (Å²) < 4.78 is 0. The second-order valence-corrected chi connectivity index (χ2v) is 13.3. The number of carboxylic acid groups (broad SMARTS) is 1. The highest BCUT2D eigenvalue weighted by Gasteiger charge is 2.60. The fraction of sp³-hybridized carbons (Fsp3) is 0.514. The molecule has 2 aromatic rings. The molecule has 46 heavy (non-hydrogen) atoms. The monoisotopic (exact) mass is 633 g/mol. The summed E-state index contributed by atoms with van der Waals surface area (Å²) in [5.74, 6) is -2.16. The average Bonchev–Trinajstić information content (AvgIpc) is 3.16. The zero-order valence-corrected chi connectivity index (χ0v) is 27.5.